The summed E-state index contributed by atoms with van der Waals surface area (Å²) in [7, 11) is 0. The molecule has 0 heterocycles. The van der Waals surface area contributed by atoms with Crippen LogP contribution >= 0.6 is 0 Å². The average Bonchev–Trinajstić information content (AvgIpc) is 2.60. The highest BCUT2D eigenvalue weighted by Crippen LogP contribution is 2.11. The smallest absolute Gasteiger partial charge is 0.450 e. The van der Waals surface area contributed by atoms with Gasteiger partial charge in [-0.15, -0.1) is 0 Å². The third-order valence-corrected chi connectivity index (χ3v) is 4.78. The standard InChI is InChI=1S/C12H24O3.C11H25N/c1-3-4-5-6-7-8-9-10-11(2)15-12(13)14;1-3-4-5-6-7-8-9-10-11(2)12/h11H,3-10H2,1-2H3,(H,13,14);11H,3-10,12H2,1-2H3. The Bertz CT molecular complexity index is 295. The van der Waals surface area contributed by atoms with E-state index in [4.69, 9.17) is 10.8 Å². The number of carbonyl (C=O) groups is 1. The third-order valence-electron chi connectivity index (χ3n) is 4.78. The summed E-state index contributed by atoms with van der Waals surface area (Å²) in [6.45, 7) is 8.38. The summed E-state index contributed by atoms with van der Waals surface area (Å²) in [6.07, 6.45) is 19.2. The largest absolute Gasteiger partial charge is 0.506 e. The van der Waals surface area contributed by atoms with Gasteiger partial charge in [0.05, 0.1) is 0 Å². The molecule has 0 aliphatic heterocycles. The van der Waals surface area contributed by atoms with E-state index in [-0.39, 0.29) is 6.10 Å². The van der Waals surface area contributed by atoms with Gasteiger partial charge >= 0.3 is 6.16 Å². The van der Waals surface area contributed by atoms with E-state index in [0.717, 1.165) is 12.8 Å². The van der Waals surface area contributed by atoms with Crippen LogP contribution in [0.1, 0.15) is 130 Å². The fraction of sp³-hybridized carbons (Fsp3) is 0.957. The number of nitrogens with two attached hydrogens (primary N) is 1. The molecule has 164 valence electrons. The van der Waals surface area contributed by atoms with Crippen LogP contribution in [0.3, 0.4) is 0 Å². The molecule has 0 saturated carbocycles. The fourth-order valence-electron chi connectivity index (χ4n) is 3.04. The van der Waals surface area contributed by atoms with Crippen molar-refractivity contribution in [2.24, 2.45) is 5.73 Å². The van der Waals surface area contributed by atoms with E-state index in [2.05, 4.69) is 25.5 Å². The van der Waals surface area contributed by atoms with Crippen molar-refractivity contribution >= 4 is 6.16 Å². The van der Waals surface area contributed by atoms with Gasteiger partial charge in [-0.3, -0.25) is 0 Å². The molecule has 0 amide bonds. The molecule has 4 nitrogen and oxygen atoms in total. The topological polar surface area (TPSA) is 72.5 Å². The third kappa shape index (κ3) is 30.2. The first kappa shape index (κ1) is 28.4. The molecule has 0 aliphatic carbocycles. The summed E-state index contributed by atoms with van der Waals surface area (Å²) >= 11 is 0. The van der Waals surface area contributed by atoms with Crippen LogP contribution in [0.4, 0.5) is 4.79 Å². The summed E-state index contributed by atoms with van der Waals surface area (Å²) in [4.78, 5) is 10.2. The predicted octanol–water partition coefficient (Wildman–Crippen LogP) is 7.68. The quantitative estimate of drug-likeness (QED) is 0.198. The van der Waals surface area contributed by atoms with Gasteiger partial charge in [0.15, 0.2) is 0 Å². The van der Waals surface area contributed by atoms with Gasteiger partial charge in [0.1, 0.15) is 6.10 Å². The van der Waals surface area contributed by atoms with E-state index in [0.29, 0.717) is 6.04 Å². The molecule has 0 radical (unpaired) electrons. The lowest BCUT2D eigenvalue weighted by Gasteiger charge is -2.09. The van der Waals surface area contributed by atoms with Crippen LogP contribution in [0.5, 0.6) is 0 Å². The van der Waals surface area contributed by atoms with Crippen LogP contribution in [-0.2, 0) is 4.74 Å². The maximum Gasteiger partial charge on any atom is 0.506 e. The molecule has 0 aromatic heterocycles. The molecule has 0 fully saturated rings. The van der Waals surface area contributed by atoms with Crippen LogP contribution < -0.4 is 5.73 Å². The zero-order valence-corrected chi connectivity index (χ0v) is 18.8. The summed E-state index contributed by atoms with van der Waals surface area (Å²) in [5, 5.41) is 8.36. The van der Waals surface area contributed by atoms with E-state index in [1.165, 1.54) is 89.9 Å². The van der Waals surface area contributed by atoms with Gasteiger partial charge in [-0.25, -0.2) is 4.79 Å². The molecule has 0 bridgehead atoms. The number of hydrogen-bond donors (Lipinski definition) is 2. The first-order valence-corrected chi connectivity index (χ1v) is 11.6. The number of rotatable bonds is 17. The Morgan fingerprint density at radius 3 is 1.48 bits per heavy atom. The zero-order chi connectivity index (χ0) is 20.8. The molecule has 3 N–H and O–H groups in total. The second kappa shape index (κ2) is 23.3. The molecule has 0 aromatic carbocycles. The van der Waals surface area contributed by atoms with Crippen molar-refractivity contribution in [2.75, 3.05) is 0 Å². The minimum absolute atomic E-state index is 0.154. The monoisotopic (exact) mass is 387 g/mol. The lowest BCUT2D eigenvalue weighted by molar-refractivity contribution is 0.0548. The van der Waals surface area contributed by atoms with Gasteiger partial charge in [-0.1, -0.05) is 97.3 Å². The maximum absolute atomic E-state index is 10.2. The van der Waals surface area contributed by atoms with E-state index in [1.807, 2.05) is 6.92 Å². The first-order chi connectivity index (χ1) is 12.9. The summed E-state index contributed by atoms with van der Waals surface area (Å²) in [6, 6.07) is 0.403. The van der Waals surface area contributed by atoms with Crippen LogP contribution in [0.2, 0.25) is 0 Å². The minimum Gasteiger partial charge on any atom is -0.450 e. The number of ether oxygens (including phenoxy) is 1. The Morgan fingerprint density at radius 2 is 1.11 bits per heavy atom. The molecule has 2 atom stereocenters. The molecular formula is C23H49NO3. The minimum atomic E-state index is -1.16. The molecule has 27 heavy (non-hydrogen) atoms. The van der Waals surface area contributed by atoms with E-state index in [9.17, 15) is 4.79 Å². The van der Waals surface area contributed by atoms with E-state index >= 15 is 0 Å². The van der Waals surface area contributed by atoms with Crippen LogP contribution in [-0.4, -0.2) is 23.4 Å². The van der Waals surface area contributed by atoms with E-state index in [1.54, 1.807) is 0 Å². The molecule has 2 unspecified atom stereocenters. The molecule has 4 heteroatoms. The highest BCUT2D eigenvalue weighted by atomic mass is 16.7. The van der Waals surface area contributed by atoms with Crippen molar-refractivity contribution < 1.29 is 14.6 Å². The fourth-order valence-corrected chi connectivity index (χ4v) is 3.04. The maximum atomic E-state index is 10.2. The van der Waals surface area contributed by atoms with Gasteiger partial charge in [-0.2, -0.15) is 0 Å². The number of hydrogen-bond acceptors (Lipinski definition) is 3. The summed E-state index contributed by atoms with van der Waals surface area (Å²) in [5.74, 6) is 0. The van der Waals surface area contributed by atoms with Crippen LogP contribution in [0, 0.1) is 0 Å². The Morgan fingerprint density at radius 1 is 0.741 bits per heavy atom. The Kier molecular flexibility index (Phi) is 24.5. The zero-order valence-electron chi connectivity index (χ0n) is 18.8. The van der Waals surface area contributed by atoms with Crippen molar-refractivity contribution in [1.29, 1.82) is 0 Å². The van der Waals surface area contributed by atoms with Crippen molar-refractivity contribution in [3.8, 4) is 0 Å². The molecule has 0 aliphatic rings. The second-order valence-corrected chi connectivity index (χ2v) is 7.99. The highest BCUT2D eigenvalue weighted by Gasteiger charge is 2.06. The van der Waals surface area contributed by atoms with Crippen molar-refractivity contribution in [3.05, 3.63) is 0 Å². The molecule has 0 spiro atoms. The van der Waals surface area contributed by atoms with Crippen LogP contribution in [0.15, 0.2) is 0 Å². The lowest BCUT2D eigenvalue weighted by atomic mass is 10.1. The predicted molar refractivity (Wildman–Crippen MR) is 117 cm³/mol. The number of unbranched alkanes of at least 4 members (excludes halogenated alkanes) is 12. The highest BCUT2D eigenvalue weighted by molar-refractivity contribution is 5.56. The van der Waals surface area contributed by atoms with E-state index < -0.39 is 6.16 Å². The molecule has 0 saturated heterocycles. The van der Waals surface area contributed by atoms with Gasteiger partial charge in [0.2, 0.25) is 0 Å². The van der Waals surface area contributed by atoms with Crippen LogP contribution in [0.25, 0.3) is 0 Å². The average molecular weight is 388 g/mol. The molecule has 0 aromatic rings. The normalized spacial score (nSPS) is 12.8. The van der Waals surface area contributed by atoms with Gasteiger partial charge in [0, 0.05) is 6.04 Å². The second-order valence-electron chi connectivity index (χ2n) is 7.99. The van der Waals surface area contributed by atoms with Gasteiger partial charge < -0.3 is 15.6 Å². The Hall–Kier alpha value is -0.770. The van der Waals surface area contributed by atoms with Crippen molar-refractivity contribution in [2.45, 2.75) is 143 Å². The van der Waals surface area contributed by atoms with Crippen molar-refractivity contribution in [3.63, 3.8) is 0 Å². The van der Waals surface area contributed by atoms with Gasteiger partial charge in [0.25, 0.3) is 0 Å². The van der Waals surface area contributed by atoms with Gasteiger partial charge in [-0.05, 0) is 33.1 Å². The lowest BCUT2D eigenvalue weighted by Crippen LogP contribution is -2.13. The summed E-state index contributed by atoms with van der Waals surface area (Å²) in [5.41, 5.74) is 5.65. The molecular weight excluding hydrogens is 338 g/mol. The molecule has 0 rings (SSSR count). The van der Waals surface area contributed by atoms with Crippen molar-refractivity contribution in [1.82, 2.24) is 0 Å². The SMILES string of the molecule is CCCCCCCCCC(C)N.CCCCCCCCCC(C)OC(=O)O. The number of carboxylic acid groups (broad SMARTS) is 1. The Labute approximate surface area is 169 Å². The first-order valence-electron chi connectivity index (χ1n) is 11.6. The Balaban J connectivity index is 0. The summed E-state index contributed by atoms with van der Waals surface area (Å²) < 4.78 is 4.61.